The third kappa shape index (κ3) is 6.01. The van der Waals surface area contributed by atoms with E-state index in [1.54, 1.807) is 13.8 Å². The van der Waals surface area contributed by atoms with Gasteiger partial charge in [0.15, 0.2) is 0 Å². The zero-order valence-electron chi connectivity index (χ0n) is 15.6. The van der Waals surface area contributed by atoms with Crippen molar-refractivity contribution in [3.05, 3.63) is 65.5 Å². The van der Waals surface area contributed by atoms with E-state index in [4.69, 9.17) is 0 Å². The van der Waals surface area contributed by atoms with Gasteiger partial charge in [-0.1, -0.05) is 38.1 Å². The summed E-state index contributed by atoms with van der Waals surface area (Å²) in [5, 5.41) is 2.42. The predicted molar refractivity (Wildman–Crippen MR) is 98.6 cm³/mol. The molecule has 0 saturated heterocycles. The molecule has 0 radical (unpaired) electrons. The standard InChI is InChI=1S/C19H20F4N2O3S/c1-12(2)17(25-29(27,28)16-9-4-3-8-15(16)20)18(26)24-11-13-6-5-7-14(10-13)19(21,22)23/h3-10,12,17,25H,11H2,1-2H3,(H,24,26)/t17-/m0/s1. The van der Waals surface area contributed by atoms with Gasteiger partial charge in [0, 0.05) is 6.54 Å². The van der Waals surface area contributed by atoms with E-state index in [9.17, 15) is 30.8 Å². The Labute approximate surface area is 166 Å². The second-order valence-electron chi connectivity index (χ2n) is 6.69. The monoisotopic (exact) mass is 432 g/mol. The fraction of sp³-hybridized carbons (Fsp3) is 0.316. The molecular weight excluding hydrogens is 412 g/mol. The molecule has 0 heterocycles. The van der Waals surface area contributed by atoms with Crippen LogP contribution in [0.2, 0.25) is 0 Å². The number of carbonyl (C=O) groups excluding carboxylic acids is 1. The first kappa shape index (κ1) is 22.8. The Balaban J connectivity index is 2.14. The van der Waals surface area contributed by atoms with Gasteiger partial charge in [-0.05, 0) is 35.7 Å². The smallest absolute Gasteiger partial charge is 0.351 e. The maximum atomic E-state index is 13.8. The normalized spacial score (nSPS) is 13.3. The average molecular weight is 432 g/mol. The molecule has 158 valence electrons. The van der Waals surface area contributed by atoms with Crippen LogP contribution >= 0.6 is 0 Å². The van der Waals surface area contributed by atoms with Crippen LogP contribution in [0.4, 0.5) is 17.6 Å². The Kier molecular flexibility index (Phi) is 7.02. The van der Waals surface area contributed by atoms with Crippen LogP contribution in [-0.2, 0) is 27.5 Å². The number of alkyl halides is 3. The quantitative estimate of drug-likeness (QED) is 0.658. The van der Waals surface area contributed by atoms with Gasteiger partial charge in [-0.15, -0.1) is 0 Å². The molecule has 0 bridgehead atoms. The summed E-state index contributed by atoms with van der Waals surface area (Å²) in [5.74, 6) is -2.21. The molecule has 2 rings (SSSR count). The fourth-order valence-electron chi connectivity index (χ4n) is 2.54. The van der Waals surface area contributed by atoms with Gasteiger partial charge in [0.05, 0.1) is 5.56 Å². The molecule has 2 aromatic carbocycles. The second-order valence-corrected chi connectivity index (χ2v) is 8.37. The van der Waals surface area contributed by atoms with Crippen molar-refractivity contribution in [1.29, 1.82) is 0 Å². The average Bonchev–Trinajstić information content (AvgIpc) is 2.64. The van der Waals surface area contributed by atoms with Gasteiger partial charge in [0.1, 0.15) is 16.8 Å². The summed E-state index contributed by atoms with van der Waals surface area (Å²) >= 11 is 0. The molecule has 0 saturated carbocycles. The topological polar surface area (TPSA) is 75.3 Å². The van der Waals surface area contributed by atoms with E-state index >= 15 is 0 Å². The maximum Gasteiger partial charge on any atom is 0.416 e. The van der Waals surface area contributed by atoms with Gasteiger partial charge in [-0.3, -0.25) is 4.79 Å². The molecular formula is C19H20F4N2O3S. The molecule has 0 aliphatic heterocycles. The van der Waals surface area contributed by atoms with Crippen LogP contribution < -0.4 is 10.0 Å². The molecule has 10 heteroatoms. The number of amides is 1. The third-order valence-electron chi connectivity index (χ3n) is 4.08. The summed E-state index contributed by atoms with van der Waals surface area (Å²) in [6.07, 6.45) is -4.52. The summed E-state index contributed by atoms with van der Waals surface area (Å²) < 4.78 is 79.2. The maximum absolute atomic E-state index is 13.8. The number of hydrogen-bond acceptors (Lipinski definition) is 3. The molecule has 29 heavy (non-hydrogen) atoms. The number of benzene rings is 2. The van der Waals surface area contributed by atoms with Crippen LogP contribution in [-0.4, -0.2) is 20.4 Å². The lowest BCUT2D eigenvalue weighted by Gasteiger charge is -2.22. The lowest BCUT2D eigenvalue weighted by molar-refractivity contribution is -0.137. The Morgan fingerprint density at radius 3 is 2.31 bits per heavy atom. The lowest BCUT2D eigenvalue weighted by atomic mass is 10.0. The molecule has 1 atom stereocenters. The molecule has 0 aliphatic rings. The predicted octanol–water partition coefficient (Wildman–Crippen LogP) is 3.46. The lowest BCUT2D eigenvalue weighted by Crippen LogP contribution is -2.49. The fourth-order valence-corrected chi connectivity index (χ4v) is 3.97. The van der Waals surface area contributed by atoms with Crippen LogP contribution in [0, 0.1) is 11.7 Å². The van der Waals surface area contributed by atoms with Crippen LogP contribution in [0.5, 0.6) is 0 Å². The van der Waals surface area contributed by atoms with Crippen LogP contribution in [0.1, 0.15) is 25.0 Å². The highest BCUT2D eigenvalue weighted by Gasteiger charge is 2.31. The first-order valence-corrected chi connectivity index (χ1v) is 10.1. The van der Waals surface area contributed by atoms with Crippen molar-refractivity contribution in [3.63, 3.8) is 0 Å². The second kappa shape index (κ2) is 8.91. The summed E-state index contributed by atoms with van der Waals surface area (Å²) in [6, 6.07) is 7.90. The zero-order valence-corrected chi connectivity index (χ0v) is 16.4. The van der Waals surface area contributed by atoms with E-state index in [1.807, 2.05) is 0 Å². The van der Waals surface area contributed by atoms with Crippen LogP contribution in [0.3, 0.4) is 0 Å². The number of halogens is 4. The Morgan fingerprint density at radius 2 is 1.72 bits per heavy atom. The van der Waals surface area contributed by atoms with E-state index in [0.717, 1.165) is 24.3 Å². The highest BCUT2D eigenvalue weighted by molar-refractivity contribution is 7.89. The van der Waals surface area contributed by atoms with Crippen molar-refractivity contribution in [1.82, 2.24) is 10.0 Å². The van der Waals surface area contributed by atoms with Gasteiger partial charge >= 0.3 is 6.18 Å². The van der Waals surface area contributed by atoms with E-state index in [-0.39, 0.29) is 12.1 Å². The number of carbonyl (C=O) groups is 1. The van der Waals surface area contributed by atoms with Crippen molar-refractivity contribution in [2.24, 2.45) is 5.92 Å². The van der Waals surface area contributed by atoms with Gasteiger partial charge in [0.2, 0.25) is 15.9 Å². The number of rotatable bonds is 7. The minimum Gasteiger partial charge on any atom is -0.351 e. The molecule has 2 N–H and O–H groups in total. The van der Waals surface area contributed by atoms with Crippen molar-refractivity contribution in [3.8, 4) is 0 Å². The van der Waals surface area contributed by atoms with Crippen LogP contribution in [0.15, 0.2) is 53.4 Å². The van der Waals surface area contributed by atoms with Gasteiger partial charge in [0.25, 0.3) is 0 Å². The number of hydrogen-bond donors (Lipinski definition) is 2. The Morgan fingerprint density at radius 1 is 1.07 bits per heavy atom. The molecule has 2 aromatic rings. The molecule has 1 amide bonds. The Bertz CT molecular complexity index is 975. The number of nitrogens with one attached hydrogen (secondary N) is 2. The summed E-state index contributed by atoms with van der Waals surface area (Å²) in [4.78, 5) is 11.9. The number of sulfonamides is 1. The third-order valence-corrected chi connectivity index (χ3v) is 5.55. The van der Waals surface area contributed by atoms with E-state index in [0.29, 0.717) is 0 Å². The van der Waals surface area contributed by atoms with E-state index < -0.39 is 50.3 Å². The van der Waals surface area contributed by atoms with Crippen molar-refractivity contribution in [2.45, 2.75) is 37.5 Å². The van der Waals surface area contributed by atoms with Crippen LogP contribution in [0.25, 0.3) is 0 Å². The highest BCUT2D eigenvalue weighted by Crippen LogP contribution is 2.29. The minimum atomic E-state index is -4.52. The van der Waals surface area contributed by atoms with Gasteiger partial charge in [-0.2, -0.15) is 17.9 Å². The molecule has 0 aromatic heterocycles. The minimum absolute atomic E-state index is 0.202. The zero-order chi connectivity index (χ0) is 21.8. The molecule has 0 unspecified atom stereocenters. The summed E-state index contributed by atoms with van der Waals surface area (Å²) in [7, 11) is -4.32. The van der Waals surface area contributed by atoms with Gasteiger partial charge < -0.3 is 5.32 Å². The molecule has 0 spiro atoms. The SMILES string of the molecule is CC(C)[C@H](NS(=O)(=O)c1ccccc1F)C(=O)NCc1cccc(C(F)(F)F)c1. The van der Waals surface area contributed by atoms with E-state index in [2.05, 4.69) is 10.0 Å². The Hall–Kier alpha value is -2.46. The molecule has 0 aliphatic carbocycles. The first-order valence-electron chi connectivity index (χ1n) is 8.62. The summed E-state index contributed by atoms with van der Waals surface area (Å²) in [5.41, 5.74) is -0.655. The first-order chi connectivity index (χ1) is 13.4. The van der Waals surface area contributed by atoms with Gasteiger partial charge in [-0.25, -0.2) is 12.8 Å². The van der Waals surface area contributed by atoms with E-state index in [1.165, 1.54) is 24.3 Å². The largest absolute Gasteiger partial charge is 0.416 e. The molecule has 5 nitrogen and oxygen atoms in total. The van der Waals surface area contributed by atoms with Crippen molar-refractivity contribution < 1.29 is 30.8 Å². The van der Waals surface area contributed by atoms with Crippen molar-refractivity contribution in [2.75, 3.05) is 0 Å². The molecule has 0 fully saturated rings. The highest BCUT2D eigenvalue weighted by atomic mass is 32.2. The van der Waals surface area contributed by atoms with Crippen molar-refractivity contribution >= 4 is 15.9 Å². The summed E-state index contributed by atoms with van der Waals surface area (Å²) in [6.45, 7) is 2.93.